The fourth-order valence-corrected chi connectivity index (χ4v) is 2.54. The summed E-state index contributed by atoms with van der Waals surface area (Å²) in [4.78, 5) is 0. The van der Waals surface area contributed by atoms with E-state index in [1.807, 2.05) is 10.9 Å². The number of aliphatic hydroxyl groups is 1. The van der Waals surface area contributed by atoms with Crippen LogP contribution in [0.15, 0.2) is 12.3 Å². The minimum Gasteiger partial charge on any atom is -0.393 e. The van der Waals surface area contributed by atoms with Crippen LogP contribution in [0.1, 0.15) is 38.8 Å². The molecule has 1 fully saturated rings. The average molecular weight is 194 g/mol. The first-order valence-corrected chi connectivity index (χ1v) is 5.36. The van der Waals surface area contributed by atoms with Gasteiger partial charge in [0.25, 0.3) is 0 Å². The van der Waals surface area contributed by atoms with Gasteiger partial charge in [-0.2, -0.15) is 5.10 Å². The van der Waals surface area contributed by atoms with Gasteiger partial charge in [0.1, 0.15) is 0 Å². The van der Waals surface area contributed by atoms with Crippen LogP contribution in [0, 0.1) is 0 Å². The Hall–Kier alpha value is -0.830. The second kappa shape index (κ2) is 3.39. The monoisotopic (exact) mass is 194 g/mol. The van der Waals surface area contributed by atoms with Crippen molar-refractivity contribution in [2.75, 3.05) is 0 Å². The Balaban J connectivity index is 2.30. The number of hydrogen-bond donors (Lipinski definition) is 1. The Labute approximate surface area is 84.7 Å². The lowest BCUT2D eigenvalue weighted by Gasteiger charge is -2.24. The maximum atomic E-state index is 9.60. The van der Waals surface area contributed by atoms with E-state index < -0.39 is 0 Å². The Bertz CT molecular complexity index is 321. The van der Waals surface area contributed by atoms with E-state index in [1.54, 1.807) is 0 Å². The van der Waals surface area contributed by atoms with Crippen LogP contribution in [0.25, 0.3) is 0 Å². The summed E-state index contributed by atoms with van der Waals surface area (Å²) in [6.45, 7) is 5.24. The Kier molecular flexibility index (Phi) is 2.35. The van der Waals surface area contributed by atoms with Gasteiger partial charge >= 0.3 is 0 Å². The van der Waals surface area contributed by atoms with Crippen molar-refractivity contribution in [2.45, 2.75) is 51.2 Å². The standard InChI is InChI=1S/C11H18N2O/c1-3-13-10(5-7-12-13)11(2)6-4-9(14)8-11/h5,7,9,14H,3-4,6,8H2,1-2H3. The summed E-state index contributed by atoms with van der Waals surface area (Å²) in [6, 6.07) is 2.08. The minimum atomic E-state index is -0.125. The van der Waals surface area contributed by atoms with Gasteiger partial charge in [0.2, 0.25) is 0 Å². The summed E-state index contributed by atoms with van der Waals surface area (Å²) in [5.41, 5.74) is 1.41. The molecule has 0 aliphatic heterocycles. The Morgan fingerprint density at radius 1 is 1.71 bits per heavy atom. The molecule has 1 aliphatic carbocycles. The summed E-state index contributed by atoms with van der Waals surface area (Å²) in [6.07, 6.45) is 4.60. The molecule has 1 aliphatic rings. The molecule has 14 heavy (non-hydrogen) atoms. The van der Waals surface area contributed by atoms with Crippen LogP contribution in [-0.2, 0) is 12.0 Å². The van der Waals surface area contributed by atoms with Gasteiger partial charge in [0, 0.05) is 23.9 Å². The van der Waals surface area contributed by atoms with Crippen molar-refractivity contribution < 1.29 is 5.11 Å². The molecule has 1 aromatic heterocycles. The van der Waals surface area contributed by atoms with Crippen LogP contribution >= 0.6 is 0 Å². The minimum absolute atomic E-state index is 0.125. The van der Waals surface area contributed by atoms with Crippen LogP contribution in [0.4, 0.5) is 0 Å². The van der Waals surface area contributed by atoms with Gasteiger partial charge < -0.3 is 5.11 Å². The van der Waals surface area contributed by atoms with Crippen LogP contribution in [0.5, 0.6) is 0 Å². The van der Waals surface area contributed by atoms with Crippen LogP contribution < -0.4 is 0 Å². The van der Waals surface area contributed by atoms with E-state index in [0.717, 1.165) is 25.8 Å². The highest BCUT2D eigenvalue weighted by Gasteiger charge is 2.37. The number of rotatable bonds is 2. The maximum absolute atomic E-state index is 9.60. The molecule has 1 saturated carbocycles. The van der Waals surface area contributed by atoms with Crippen molar-refractivity contribution in [1.82, 2.24) is 9.78 Å². The molecule has 0 radical (unpaired) electrons. The van der Waals surface area contributed by atoms with Crippen molar-refractivity contribution in [3.63, 3.8) is 0 Å². The number of nitrogens with zero attached hydrogens (tertiary/aromatic N) is 2. The summed E-state index contributed by atoms with van der Waals surface area (Å²) in [5, 5.41) is 13.9. The van der Waals surface area contributed by atoms with Crippen LogP contribution in [0.2, 0.25) is 0 Å². The zero-order valence-electron chi connectivity index (χ0n) is 8.90. The highest BCUT2D eigenvalue weighted by molar-refractivity contribution is 5.17. The summed E-state index contributed by atoms with van der Waals surface area (Å²) in [7, 11) is 0. The highest BCUT2D eigenvalue weighted by Crippen LogP contribution is 2.40. The van der Waals surface area contributed by atoms with E-state index in [2.05, 4.69) is 25.0 Å². The predicted octanol–water partition coefficient (Wildman–Crippen LogP) is 1.71. The van der Waals surface area contributed by atoms with Gasteiger partial charge in [-0.1, -0.05) is 6.92 Å². The molecule has 0 amide bonds. The molecule has 0 saturated heterocycles. The lowest BCUT2D eigenvalue weighted by atomic mass is 9.85. The van der Waals surface area contributed by atoms with Gasteiger partial charge in [-0.05, 0) is 32.3 Å². The second-order valence-electron chi connectivity index (χ2n) is 4.49. The van der Waals surface area contributed by atoms with Crippen molar-refractivity contribution >= 4 is 0 Å². The maximum Gasteiger partial charge on any atom is 0.0549 e. The zero-order valence-corrected chi connectivity index (χ0v) is 8.90. The number of hydrogen-bond acceptors (Lipinski definition) is 2. The molecule has 1 heterocycles. The van der Waals surface area contributed by atoms with Crippen molar-refractivity contribution in [3.8, 4) is 0 Å². The van der Waals surface area contributed by atoms with Gasteiger partial charge in [-0.15, -0.1) is 0 Å². The number of aromatic nitrogens is 2. The number of aryl methyl sites for hydroxylation is 1. The molecular formula is C11H18N2O. The van der Waals surface area contributed by atoms with Crippen LogP contribution in [-0.4, -0.2) is 21.0 Å². The van der Waals surface area contributed by atoms with Gasteiger partial charge in [-0.3, -0.25) is 4.68 Å². The molecule has 0 bridgehead atoms. The van der Waals surface area contributed by atoms with E-state index in [-0.39, 0.29) is 11.5 Å². The zero-order chi connectivity index (χ0) is 10.2. The molecule has 1 N–H and O–H groups in total. The van der Waals surface area contributed by atoms with Crippen molar-refractivity contribution in [3.05, 3.63) is 18.0 Å². The van der Waals surface area contributed by atoms with Gasteiger partial charge in [-0.25, -0.2) is 0 Å². The molecule has 2 rings (SSSR count). The molecule has 3 nitrogen and oxygen atoms in total. The molecule has 1 aromatic rings. The van der Waals surface area contributed by atoms with Crippen molar-refractivity contribution in [2.24, 2.45) is 0 Å². The summed E-state index contributed by atoms with van der Waals surface area (Å²) < 4.78 is 2.04. The van der Waals surface area contributed by atoms with Gasteiger partial charge in [0.15, 0.2) is 0 Å². The summed E-state index contributed by atoms with van der Waals surface area (Å²) in [5.74, 6) is 0. The van der Waals surface area contributed by atoms with Gasteiger partial charge in [0.05, 0.1) is 6.10 Å². The molecule has 0 aromatic carbocycles. The third kappa shape index (κ3) is 1.46. The molecule has 2 atom stereocenters. The fourth-order valence-electron chi connectivity index (χ4n) is 2.54. The third-order valence-corrected chi connectivity index (χ3v) is 3.35. The molecular weight excluding hydrogens is 176 g/mol. The molecule has 78 valence electrons. The van der Waals surface area contributed by atoms with E-state index in [1.165, 1.54) is 5.69 Å². The van der Waals surface area contributed by atoms with E-state index in [9.17, 15) is 5.11 Å². The third-order valence-electron chi connectivity index (χ3n) is 3.35. The first-order chi connectivity index (χ1) is 6.65. The largest absolute Gasteiger partial charge is 0.393 e. The fraction of sp³-hybridized carbons (Fsp3) is 0.727. The smallest absolute Gasteiger partial charge is 0.0549 e. The van der Waals surface area contributed by atoms with Crippen molar-refractivity contribution in [1.29, 1.82) is 0 Å². The molecule has 3 heteroatoms. The predicted molar refractivity (Wildman–Crippen MR) is 55.1 cm³/mol. The van der Waals surface area contributed by atoms with E-state index in [0.29, 0.717) is 0 Å². The second-order valence-corrected chi connectivity index (χ2v) is 4.49. The van der Waals surface area contributed by atoms with E-state index in [4.69, 9.17) is 0 Å². The topological polar surface area (TPSA) is 38.0 Å². The summed E-state index contributed by atoms with van der Waals surface area (Å²) >= 11 is 0. The number of aliphatic hydroxyl groups excluding tert-OH is 1. The first kappa shape index (κ1) is 9.71. The normalized spacial score (nSPS) is 32.4. The molecule has 2 unspecified atom stereocenters. The lowest BCUT2D eigenvalue weighted by molar-refractivity contribution is 0.174. The SMILES string of the molecule is CCn1nccc1C1(C)CCC(O)C1. The van der Waals surface area contributed by atoms with E-state index >= 15 is 0 Å². The lowest BCUT2D eigenvalue weighted by Crippen LogP contribution is -2.23. The Morgan fingerprint density at radius 2 is 2.50 bits per heavy atom. The van der Waals surface area contributed by atoms with Crippen LogP contribution in [0.3, 0.4) is 0 Å². The quantitative estimate of drug-likeness (QED) is 0.778. The first-order valence-electron chi connectivity index (χ1n) is 5.36. The Morgan fingerprint density at radius 3 is 3.07 bits per heavy atom. The highest BCUT2D eigenvalue weighted by atomic mass is 16.3. The average Bonchev–Trinajstić information content (AvgIpc) is 2.73. The molecule has 0 spiro atoms.